The van der Waals surface area contributed by atoms with Crippen molar-refractivity contribution < 1.29 is 14.3 Å². The van der Waals surface area contributed by atoms with Crippen molar-refractivity contribution in [2.45, 2.75) is 51.6 Å². The number of aromatic nitrogens is 2. The number of hydrogen-bond donors (Lipinski definition) is 1. The Morgan fingerprint density at radius 2 is 1.97 bits per heavy atom. The number of aromatic amines is 1. The van der Waals surface area contributed by atoms with Gasteiger partial charge in [-0.15, -0.1) is 0 Å². The zero-order valence-corrected chi connectivity index (χ0v) is 17.8. The molecule has 0 aliphatic carbocycles. The third kappa shape index (κ3) is 4.62. The van der Waals surface area contributed by atoms with Crippen molar-refractivity contribution in [3.63, 3.8) is 0 Å². The molecule has 0 bridgehead atoms. The number of carbonyl (C=O) groups excluding carboxylic acids is 2. The fourth-order valence-electron chi connectivity index (χ4n) is 4.31. The summed E-state index contributed by atoms with van der Waals surface area (Å²) in [6.45, 7) is 3.25. The van der Waals surface area contributed by atoms with E-state index in [1.54, 1.807) is 9.80 Å². The molecule has 3 heterocycles. The molecule has 31 heavy (non-hydrogen) atoms. The Hall–Kier alpha value is -3.16. The second-order valence-electron chi connectivity index (χ2n) is 8.00. The van der Waals surface area contributed by atoms with Gasteiger partial charge in [0.1, 0.15) is 11.6 Å². The van der Waals surface area contributed by atoms with Crippen LogP contribution in [0.4, 0.5) is 0 Å². The average Bonchev–Trinajstić information content (AvgIpc) is 2.82. The van der Waals surface area contributed by atoms with Crippen LogP contribution in [0.5, 0.6) is 5.75 Å². The predicted octanol–water partition coefficient (Wildman–Crippen LogP) is 2.20. The molecule has 1 aromatic heterocycles. The summed E-state index contributed by atoms with van der Waals surface area (Å²) in [5.74, 6) is 1.08. The number of fused-ring (bicyclic) bond motifs is 1. The molecule has 1 N–H and O–H groups in total. The normalized spacial score (nSPS) is 18.4. The number of carbonyl (C=O) groups is 2. The average molecular weight is 425 g/mol. The molecular formula is C23H28N4O4. The molecular weight excluding hydrogens is 396 g/mol. The van der Waals surface area contributed by atoms with Crippen LogP contribution in [0.25, 0.3) is 0 Å². The third-order valence-corrected chi connectivity index (χ3v) is 5.99. The number of likely N-dealkylation sites (tertiary alicyclic amines) is 1. The minimum absolute atomic E-state index is 0.0572. The molecule has 4 rings (SSSR count). The fraction of sp³-hybridized carbons (Fsp3) is 0.478. The number of nitrogens with one attached hydrogen (secondary N) is 1. The number of para-hydroxylation sites is 1. The maximum absolute atomic E-state index is 12.9. The van der Waals surface area contributed by atoms with Gasteiger partial charge >= 0.3 is 0 Å². The van der Waals surface area contributed by atoms with Gasteiger partial charge in [0.25, 0.3) is 11.5 Å². The van der Waals surface area contributed by atoms with Gasteiger partial charge in [0.05, 0.1) is 18.3 Å². The summed E-state index contributed by atoms with van der Waals surface area (Å²) in [7, 11) is 0. The van der Waals surface area contributed by atoms with E-state index in [9.17, 15) is 14.4 Å². The van der Waals surface area contributed by atoms with E-state index in [2.05, 4.69) is 4.98 Å². The number of H-pyrrole nitrogens is 1. The molecule has 2 aliphatic heterocycles. The molecule has 2 aliphatic rings. The molecule has 0 saturated carbocycles. The van der Waals surface area contributed by atoms with E-state index in [1.165, 1.54) is 0 Å². The Morgan fingerprint density at radius 1 is 1.16 bits per heavy atom. The number of piperidine rings is 1. The van der Waals surface area contributed by atoms with E-state index in [0.29, 0.717) is 55.3 Å². The molecule has 1 fully saturated rings. The van der Waals surface area contributed by atoms with E-state index in [1.807, 2.05) is 37.3 Å². The second-order valence-corrected chi connectivity index (χ2v) is 8.00. The first-order valence-electron chi connectivity index (χ1n) is 10.9. The maximum atomic E-state index is 12.9. The highest BCUT2D eigenvalue weighted by Gasteiger charge is 2.32. The highest BCUT2D eigenvalue weighted by atomic mass is 16.5. The van der Waals surface area contributed by atoms with E-state index < -0.39 is 0 Å². The van der Waals surface area contributed by atoms with E-state index >= 15 is 0 Å². The van der Waals surface area contributed by atoms with Crippen LogP contribution in [0.2, 0.25) is 0 Å². The van der Waals surface area contributed by atoms with Crippen molar-refractivity contribution in [3.05, 3.63) is 57.8 Å². The van der Waals surface area contributed by atoms with Crippen LogP contribution in [-0.2, 0) is 22.6 Å². The number of rotatable bonds is 5. The predicted molar refractivity (Wildman–Crippen MR) is 115 cm³/mol. The number of nitrogens with zero attached hydrogens (tertiary/aromatic N) is 3. The summed E-state index contributed by atoms with van der Waals surface area (Å²) in [5, 5.41) is 0. The van der Waals surface area contributed by atoms with Crippen molar-refractivity contribution in [2.24, 2.45) is 0 Å². The second kappa shape index (κ2) is 9.32. The van der Waals surface area contributed by atoms with Crippen molar-refractivity contribution in [1.82, 2.24) is 19.8 Å². The lowest BCUT2D eigenvalue weighted by Crippen LogP contribution is -2.43. The first kappa shape index (κ1) is 21.1. The van der Waals surface area contributed by atoms with Crippen molar-refractivity contribution in [3.8, 4) is 5.75 Å². The van der Waals surface area contributed by atoms with Gasteiger partial charge in [-0.2, -0.15) is 0 Å². The molecule has 2 aromatic rings. The molecule has 8 nitrogen and oxygen atoms in total. The lowest BCUT2D eigenvalue weighted by atomic mass is 10.00. The first-order valence-corrected chi connectivity index (χ1v) is 10.9. The molecule has 2 amide bonds. The van der Waals surface area contributed by atoms with Crippen molar-refractivity contribution in [1.29, 1.82) is 0 Å². The molecule has 8 heteroatoms. The van der Waals surface area contributed by atoms with E-state index in [0.717, 1.165) is 19.3 Å². The highest BCUT2D eigenvalue weighted by molar-refractivity contribution is 5.78. The number of ether oxygens (including phenoxy) is 1. The van der Waals surface area contributed by atoms with Gasteiger partial charge in [0, 0.05) is 25.1 Å². The van der Waals surface area contributed by atoms with Gasteiger partial charge in [-0.1, -0.05) is 25.1 Å². The van der Waals surface area contributed by atoms with Gasteiger partial charge in [0.15, 0.2) is 6.61 Å². The maximum Gasteiger partial charge on any atom is 0.261 e. The van der Waals surface area contributed by atoms with Crippen LogP contribution < -0.4 is 10.3 Å². The lowest BCUT2D eigenvalue weighted by molar-refractivity contribution is -0.137. The quantitative estimate of drug-likeness (QED) is 0.794. The molecule has 164 valence electrons. The zero-order chi connectivity index (χ0) is 21.8. The summed E-state index contributed by atoms with van der Waals surface area (Å²) in [5.41, 5.74) is 1.12. The summed E-state index contributed by atoms with van der Waals surface area (Å²) in [6.07, 6.45) is 3.52. The Balaban J connectivity index is 1.54. The molecule has 1 aromatic carbocycles. The van der Waals surface area contributed by atoms with Crippen molar-refractivity contribution >= 4 is 11.8 Å². The molecule has 0 radical (unpaired) electrons. The molecule has 1 saturated heterocycles. The number of hydrogen-bond acceptors (Lipinski definition) is 5. The van der Waals surface area contributed by atoms with Gasteiger partial charge in [0.2, 0.25) is 5.91 Å². The van der Waals surface area contributed by atoms with Crippen LogP contribution in [0.3, 0.4) is 0 Å². The van der Waals surface area contributed by atoms with Crippen LogP contribution in [0.15, 0.2) is 35.1 Å². The fourth-order valence-corrected chi connectivity index (χ4v) is 4.31. The van der Waals surface area contributed by atoms with E-state index in [4.69, 9.17) is 9.72 Å². The Morgan fingerprint density at radius 3 is 2.74 bits per heavy atom. The smallest absolute Gasteiger partial charge is 0.261 e. The third-order valence-electron chi connectivity index (χ3n) is 5.99. The SMILES string of the molecule is CCC(=O)N1CCc2c(nc([C@@H]3CCCCN3C(=O)COc3ccccc3)[nH]c2=O)C1. The van der Waals surface area contributed by atoms with Crippen LogP contribution in [0.1, 0.15) is 55.7 Å². The zero-order valence-electron chi connectivity index (χ0n) is 17.8. The van der Waals surface area contributed by atoms with Gasteiger partial charge < -0.3 is 19.5 Å². The minimum atomic E-state index is -0.295. The van der Waals surface area contributed by atoms with Gasteiger partial charge in [-0.05, 0) is 37.8 Å². The molecule has 0 spiro atoms. The molecule has 1 atom stereocenters. The minimum Gasteiger partial charge on any atom is -0.484 e. The number of benzene rings is 1. The summed E-state index contributed by atoms with van der Waals surface area (Å²) in [6, 6.07) is 8.94. The van der Waals surface area contributed by atoms with Gasteiger partial charge in [-0.3, -0.25) is 14.4 Å². The Kier molecular flexibility index (Phi) is 6.34. The van der Waals surface area contributed by atoms with Crippen LogP contribution in [0, 0.1) is 0 Å². The number of amides is 2. The van der Waals surface area contributed by atoms with Crippen LogP contribution >= 0.6 is 0 Å². The van der Waals surface area contributed by atoms with Crippen molar-refractivity contribution in [2.75, 3.05) is 19.7 Å². The monoisotopic (exact) mass is 424 g/mol. The molecule has 0 unspecified atom stereocenters. The first-order chi connectivity index (χ1) is 15.1. The van der Waals surface area contributed by atoms with Gasteiger partial charge in [-0.25, -0.2) is 4.98 Å². The summed E-state index contributed by atoms with van der Waals surface area (Å²) >= 11 is 0. The largest absolute Gasteiger partial charge is 0.484 e. The summed E-state index contributed by atoms with van der Waals surface area (Å²) in [4.78, 5) is 48.9. The van der Waals surface area contributed by atoms with Crippen LogP contribution in [-0.4, -0.2) is 51.3 Å². The summed E-state index contributed by atoms with van der Waals surface area (Å²) < 4.78 is 5.64. The Bertz CT molecular complexity index is 1000. The lowest BCUT2D eigenvalue weighted by Gasteiger charge is -2.35. The topological polar surface area (TPSA) is 95.6 Å². The highest BCUT2D eigenvalue weighted by Crippen LogP contribution is 2.29. The standard InChI is InChI=1S/C23H28N4O4/c1-2-20(28)26-13-11-17-18(14-26)24-22(25-23(17)30)19-10-6-7-12-27(19)21(29)15-31-16-8-4-3-5-9-16/h3-5,8-9,19H,2,6-7,10-15H2,1H3,(H,24,25,30)/t19-/m0/s1. The Labute approximate surface area is 181 Å². The van der Waals surface area contributed by atoms with E-state index in [-0.39, 0.29) is 30.0 Å².